The van der Waals surface area contributed by atoms with Gasteiger partial charge in [-0.1, -0.05) is 42.5 Å². The summed E-state index contributed by atoms with van der Waals surface area (Å²) in [4.78, 5) is 18.2. The first-order valence-electron chi connectivity index (χ1n) is 12.1. The van der Waals surface area contributed by atoms with Gasteiger partial charge in [0.1, 0.15) is 5.82 Å². The van der Waals surface area contributed by atoms with E-state index in [1.165, 1.54) is 22.8 Å². The molecule has 0 bridgehead atoms. The summed E-state index contributed by atoms with van der Waals surface area (Å²) in [6.07, 6.45) is 1.37. The van der Waals surface area contributed by atoms with E-state index < -0.39 is 0 Å². The molecule has 2 atom stereocenters. The van der Waals surface area contributed by atoms with Crippen molar-refractivity contribution in [1.29, 1.82) is 0 Å². The summed E-state index contributed by atoms with van der Waals surface area (Å²) >= 11 is 0. The van der Waals surface area contributed by atoms with E-state index in [4.69, 9.17) is 9.47 Å². The summed E-state index contributed by atoms with van der Waals surface area (Å²) < 4.78 is 25.5. The second-order valence-corrected chi connectivity index (χ2v) is 9.35. The molecule has 182 valence electrons. The van der Waals surface area contributed by atoms with Crippen LogP contribution in [-0.4, -0.2) is 42.5 Å². The van der Waals surface area contributed by atoms with Gasteiger partial charge in [-0.3, -0.25) is 9.69 Å². The van der Waals surface area contributed by atoms with Crippen LogP contribution < -0.4 is 9.47 Å². The molecule has 0 aliphatic carbocycles. The lowest BCUT2D eigenvalue weighted by Crippen LogP contribution is -2.53. The Labute approximate surface area is 206 Å². The molecule has 0 spiro atoms. The summed E-state index contributed by atoms with van der Waals surface area (Å²) in [5, 5.41) is 0. The Morgan fingerprint density at radius 1 is 0.971 bits per heavy atom. The van der Waals surface area contributed by atoms with Crippen LogP contribution in [0.25, 0.3) is 0 Å². The number of halogens is 1. The van der Waals surface area contributed by atoms with Crippen LogP contribution in [0.5, 0.6) is 11.5 Å². The zero-order valence-electron chi connectivity index (χ0n) is 20.5. The van der Waals surface area contributed by atoms with Gasteiger partial charge < -0.3 is 14.4 Å². The number of methoxy groups -OCH3 is 2. The Hall–Kier alpha value is -3.38. The Morgan fingerprint density at radius 3 is 2.40 bits per heavy atom. The van der Waals surface area contributed by atoms with E-state index in [9.17, 15) is 9.18 Å². The zero-order chi connectivity index (χ0) is 24.5. The second kappa shape index (κ2) is 9.70. The molecular formula is C29H31FN2O3. The minimum Gasteiger partial charge on any atom is -0.493 e. The van der Waals surface area contributed by atoms with E-state index in [1.807, 2.05) is 35.2 Å². The molecule has 3 aromatic rings. The first-order valence-corrected chi connectivity index (χ1v) is 12.1. The average molecular weight is 475 g/mol. The normalized spacial score (nSPS) is 19.6. The van der Waals surface area contributed by atoms with Gasteiger partial charge in [-0.25, -0.2) is 4.39 Å². The summed E-state index contributed by atoms with van der Waals surface area (Å²) in [5.74, 6) is 1.22. The zero-order valence-corrected chi connectivity index (χ0v) is 20.5. The predicted octanol–water partition coefficient (Wildman–Crippen LogP) is 4.92. The largest absolute Gasteiger partial charge is 0.493 e. The molecule has 5 nitrogen and oxygen atoms in total. The van der Waals surface area contributed by atoms with Crippen LogP contribution in [0.15, 0.2) is 60.7 Å². The number of rotatable bonds is 5. The number of ether oxygens (including phenoxy) is 2. The quantitative estimate of drug-likeness (QED) is 0.527. The van der Waals surface area contributed by atoms with Crippen molar-refractivity contribution in [2.45, 2.75) is 44.9 Å². The fourth-order valence-corrected chi connectivity index (χ4v) is 5.47. The van der Waals surface area contributed by atoms with Crippen LogP contribution >= 0.6 is 0 Å². The molecule has 2 aliphatic heterocycles. The van der Waals surface area contributed by atoms with Crippen molar-refractivity contribution in [2.24, 2.45) is 0 Å². The van der Waals surface area contributed by atoms with E-state index in [1.54, 1.807) is 26.4 Å². The molecule has 0 radical (unpaired) electrons. The summed E-state index contributed by atoms with van der Waals surface area (Å²) in [5.41, 5.74) is 5.25. The summed E-state index contributed by atoms with van der Waals surface area (Å²) in [6, 6.07) is 18.6. The van der Waals surface area contributed by atoms with Crippen LogP contribution in [0.2, 0.25) is 0 Å². The molecule has 0 saturated carbocycles. The van der Waals surface area contributed by atoms with E-state index in [-0.39, 0.29) is 23.8 Å². The lowest BCUT2D eigenvalue weighted by molar-refractivity contribution is -0.140. The molecule has 0 N–H and O–H groups in total. The third kappa shape index (κ3) is 4.39. The number of fused-ring (bicyclic) bond motifs is 2. The minimum atomic E-state index is -0.353. The van der Waals surface area contributed by atoms with Gasteiger partial charge in [0.05, 0.1) is 26.3 Å². The molecule has 6 heteroatoms. The van der Waals surface area contributed by atoms with Crippen LogP contribution in [0, 0.1) is 5.82 Å². The molecule has 0 unspecified atom stereocenters. The number of amides is 1. The van der Waals surface area contributed by atoms with Crippen LogP contribution in [0.4, 0.5) is 4.39 Å². The van der Waals surface area contributed by atoms with Gasteiger partial charge in [-0.2, -0.15) is 0 Å². The Morgan fingerprint density at radius 2 is 1.66 bits per heavy atom. The summed E-state index contributed by atoms with van der Waals surface area (Å²) in [7, 11) is 3.26. The molecule has 0 aromatic heterocycles. The highest BCUT2D eigenvalue weighted by Crippen LogP contribution is 2.39. The average Bonchev–Trinajstić information content (AvgIpc) is 2.88. The van der Waals surface area contributed by atoms with Crippen molar-refractivity contribution in [3.8, 4) is 11.5 Å². The molecule has 35 heavy (non-hydrogen) atoms. The molecule has 2 aliphatic rings. The van der Waals surface area contributed by atoms with Gasteiger partial charge in [0.2, 0.25) is 5.91 Å². The maximum atomic E-state index is 14.5. The summed E-state index contributed by atoms with van der Waals surface area (Å²) in [6.45, 7) is 3.71. The molecule has 1 amide bonds. The van der Waals surface area contributed by atoms with Crippen molar-refractivity contribution in [3.63, 3.8) is 0 Å². The Bertz CT molecular complexity index is 1240. The number of carbonyl (C=O) groups excluding carboxylic acids is 1. The van der Waals surface area contributed by atoms with Gasteiger partial charge >= 0.3 is 0 Å². The van der Waals surface area contributed by atoms with E-state index in [2.05, 4.69) is 24.0 Å². The Kier molecular flexibility index (Phi) is 6.48. The molecule has 0 saturated heterocycles. The smallest absolute Gasteiger partial charge is 0.240 e. The van der Waals surface area contributed by atoms with Gasteiger partial charge in [-0.05, 0) is 60.2 Å². The topological polar surface area (TPSA) is 42.0 Å². The van der Waals surface area contributed by atoms with Gasteiger partial charge in [-0.15, -0.1) is 0 Å². The first-order chi connectivity index (χ1) is 17.0. The predicted molar refractivity (Wildman–Crippen MR) is 133 cm³/mol. The molecule has 2 heterocycles. The molecule has 0 fully saturated rings. The number of hydrogen-bond donors (Lipinski definition) is 0. The molecular weight excluding hydrogens is 443 g/mol. The van der Waals surface area contributed by atoms with Crippen LogP contribution in [0.1, 0.15) is 40.8 Å². The maximum Gasteiger partial charge on any atom is 0.240 e. The minimum absolute atomic E-state index is 0.0868. The maximum absolute atomic E-state index is 14.5. The number of benzene rings is 3. The lowest BCUT2D eigenvalue weighted by Gasteiger charge is -2.42. The fourth-order valence-electron chi connectivity index (χ4n) is 5.47. The SMILES string of the molecule is COc1cc2c(cc1OC)[C@@H](C)N(C(=O)[C@@H]1Cc3ccccc3CN1Cc1ccccc1F)CC2. The molecule has 3 aromatic carbocycles. The second-order valence-electron chi connectivity index (χ2n) is 9.35. The van der Waals surface area contributed by atoms with Crippen molar-refractivity contribution < 1.29 is 18.7 Å². The van der Waals surface area contributed by atoms with Crippen molar-refractivity contribution >= 4 is 5.91 Å². The lowest BCUT2D eigenvalue weighted by atomic mass is 9.89. The van der Waals surface area contributed by atoms with Crippen molar-refractivity contribution in [2.75, 3.05) is 20.8 Å². The van der Waals surface area contributed by atoms with Crippen molar-refractivity contribution in [1.82, 2.24) is 9.80 Å². The Balaban J connectivity index is 1.46. The number of nitrogens with zero attached hydrogens (tertiary/aromatic N) is 2. The van der Waals surface area contributed by atoms with Crippen LogP contribution in [-0.2, 0) is 30.7 Å². The van der Waals surface area contributed by atoms with E-state index >= 15 is 0 Å². The van der Waals surface area contributed by atoms with Crippen LogP contribution in [0.3, 0.4) is 0 Å². The van der Waals surface area contributed by atoms with Gasteiger partial charge in [0.15, 0.2) is 11.5 Å². The van der Waals surface area contributed by atoms with Crippen molar-refractivity contribution in [3.05, 3.63) is 94.3 Å². The highest BCUT2D eigenvalue weighted by molar-refractivity contribution is 5.83. The number of hydrogen-bond acceptors (Lipinski definition) is 4. The third-order valence-corrected chi connectivity index (χ3v) is 7.43. The van der Waals surface area contributed by atoms with Gasteiger partial charge in [0, 0.05) is 25.2 Å². The van der Waals surface area contributed by atoms with E-state index in [0.29, 0.717) is 43.1 Å². The number of carbonyl (C=O) groups is 1. The molecule has 5 rings (SSSR count). The third-order valence-electron chi connectivity index (χ3n) is 7.43. The highest BCUT2D eigenvalue weighted by Gasteiger charge is 2.38. The highest BCUT2D eigenvalue weighted by atomic mass is 19.1. The first kappa shape index (κ1) is 23.4. The standard InChI is InChI=1S/C29H31FN2O3/c1-19-24-16-28(35-3)27(34-2)15-21(24)12-13-32(19)29(33)26-14-20-8-4-5-9-22(20)17-31(26)18-23-10-6-7-11-25(23)30/h4-11,15-16,19,26H,12-14,17-18H2,1-3H3/t19-,26+/m1/s1. The monoisotopic (exact) mass is 474 g/mol. The fraction of sp³-hybridized carbons (Fsp3) is 0.345. The van der Waals surface area contributed by atoms with E-state index in [0.717, 1.165) is 12.0 Å². The van der Waals surface area contributed by atoms with Gasteiger partial charge in [0.25, 0.3) is 0 Å².